The van der Waals surface area contributed by atoms with Gasteiger partial charge in [-0.25, -0.2) is 4.39 Å². The molecule has 0 fully saturated rings. The Kier molecular flexibility index (Phi) is 3.57. The molecular weight excluding hydrogens is 267 g/mol. The highest BCUT2D eigenvalue weighted by Gasteiger charge is 2.05. The average Bonchev–Trinajstić information content (AvgIpc) is 2.48. The lowest BCUT2D eigenvalue weighted by Gasteiger charge is -2.08. The van der Waals surface area contributed by atoms with Crippen molar-refractivity contribution < 1.29 is 4.39 Å². The van der Waals surface area contributed by atoms with Crippen LogP contribution in [0.3, 0.4) is 0 Å². The third-order valence-electron chi connectivity index (χ3n) is 3.24. The number of halogens is 1. The highest BCUT2D eigenvalue weighted by molar-refractivity contribution is 7.80. The Morgan fingerprint density at radius 3 is 2.10 bits per heavy atom. The first-order chi connectivity index (χ1) is 9.74. The van der Waals surface area contributed by atoms with E-state index in [1.807, 2.05) is 42.5 Å². The zero-order chi connectivity index (χ0) is 13.9. The molecule has 98 valence electrons. The largest absolute Gasteiger partial charge is 0.207 e. The van der Waals surface area contributed by atoms with Crippen molar-refractivity contribution >= 4 is 12.6 Å². The molecule has 0 nitrogen and oxygen atoms in total. The zero-order valence-electron chi connectivity index (χ0n) is 10.8. The van der Waals surface area contributed by atoms with Crippen LogP contribution in [0, 0.1) is 5.82 Å². The van der Waals surface area contributed by atoms with Gasteiger partial charge < -0.3 is 0 Å². The summed E-state index contributed by atoms with van der Waals surface area (Å²) in [6, 6.07) is 22.7. The van der Waals surface area contributed by atoms with Gasteiger partial charge >= 0.3 is 0 Å². The van der Waals surface area contributed by atoms with Crippen molar-refractivity contribution in [3.8, 4) is 22.3 Å². The van der Waals surface area contributed by atoms with Gasteiger partial charge in [-0.05, 0) is 40.5 Å². The monoisotopic (exact) mass is 280 g/mol. The molecule has 3 aromatic rings. The fraction of sp³-hybridized carbons (Fsp3) is 0. The van der Waals surface area contributed by atoms with Gasteiger partial charge in [0.15, 0.2) is 0 Å². The van der Waals surface area contributed by atoms with Crippen molar-refractivity contribution in [2.45, 2.75) is 4.90 Å². The third kappa shape index (κ3) is 2.61. The van der Waals surface area contributed by atoms with E-state index in [-0.39, 0.29) is 5.82 Å². The van der Waals surface area contributed by atoms with Crippen molar-refractivity contribution in [2.24, 2.45) is 0 Å². The maximum Gasteiger partial charge on any atom is 0.123 e. The molecule has 3 rings (SSSR count). The summed E-state index contributed by atoms with van der Waals surface area (Å²) in [5.74, 6) is -0.234. The van der Waals surface area contributed by atoms with Gasteiger partial charge in [-0.2, -0.15) is 0 Å². The minimum Gasteiger partial charge on any atom is -0.207 e. The van der Waals surface area contributed by atoms with Crippen LogP contribution in [0.1, 0.15) is 0 Å². The maximum atomic E-state index is 13.3. The number of benzene rings is 3. The molecule has 20 heavy (non-hydrogen) atoms. The summed E-state index contributed by atoms with van der Waals surface area (Å²) in [5.41, 5.74) is 4.03. The standard InChI is InChI=1S/C18H13FS/c19-16-8-4-7-15(11-16)17-10-9-14(12-18(17)20)13-5-2-1-3-6-13/h1-12,20H. The van der Waals surface area contributed by atoms with Crippen molar-refractivity contribution in [2.75, 3.05) is 0 Å². The summed E-state index contributed by atoms with van der Waals surface area (Å²) in [6.45, 7) is 0. The van der Waals surface area contributed by atoms with E-state index in [0.717, 1.165) is 27.1 Å². The molecule has 0 aliphatic rings. The van der Waals surface area contributed by atoms with Gasteiger partial charge in [0.1, 0.15) is 5.82 Å². The molecule has 0 unspecified atom stereocenters. The first kappa shape index (κ1) is 12.9. The molecule has 0 heterocycles. The van der Waals surface area contributed by atoms with Crippen LogP contribution >= 0.6 is 12.6 Å². The highest BCUT2D eigenvalue weighted by atomic mass is 32.1. The summed E-state index contributed by atoms with van der Waals surface area (Å²) in [6.07, 6.45) is 0. The average molecular weight is 280 g/mol. The van der Waals surface area contributed by atoms with E-state index in [9.17, 15) is 4.39 Å². The molecule has 2 heteroatoms. The van der Waals surface area contributed by atoms with Crippen molar-refractivity contribution in [1.82, 2.24) is 0 Å². The predicted molar refractivity (Wildman–Crippen MR) is 84.5 cm³/mol. The normalized spacial score (nSPS) is 10.5. The molecule has 3 aromatic carbocycles. The first-order valence-corrected chi connectivity index (χ1v) is 6.83. The lowest BCUT2D eigenvalue weighted by atomic mass is 10.00. The van der Waals surface area contributed by atoms with Crippen LogP contribution in [0.2, 0.25) is 0 Å². The second-order valence-corrected chi connectivity index (χ2v) is 5.09. The predicted octanol–water partition coefficient (Wildman–Crippen LogP) is 5.45. The Hall–Kier alpha value is -2.06. The van der Waals surface area contributed by atoms with E-state index in [1.54, 1.807) is 6.07 Å². The Morgan fingerprint density at radius 1 is 0.650 bits per heavy atom. The molecule has 0 radical (unpaired) electrons. The van der Waals surface area contributed by atoms with E-state index >= 15 is 0 Å². The quantitative estimate of drug-likeness (QED) is 0.593. The molecule has 0 spiro atoms. The Morgan fingerprint density at radius 2 is 1.40 bits per heavy atom. The number of rotatable bonds is 2. The van der Waals surface area contributed by atoms with E-state index < -0.39 is 0 Å². The van der Waals surface area contributed by atoms with Crippen LogP contribution in [0.4, 0.5) is 4.39 Å². The molecule has 0 aromatic heterocycles. The van der Waals surface area contributed by atoms with Crippen molar-refractivity contribution in [3.05, 3.63) is 78.6 Å². The second-order valence-electron chi connectivity index (χ2n) is 4.61. The Balaban J connectivity index is 2.04. The van der Waals surface area contributed by atoms with Crippen LogP contribution in [-0.2, 0) is 0 Å². The molecule has 0 aliphatic heterocycles. The Bertz CT molecular complexity index is 735. The van der Waals surface area contributed by atoms with Crippen molar-refractivity contribution in [3.63, 3.8) is 0 Å². The number of thiol groups is 1. The molecule has 0 atom stereocenters. The van der Waals surface area contributed by atoms with Gasteiger partial charge in [0, 0.05) is 4.90 Å². The van der Waals surface area contributed by atoms with Crippen LogP contribution < -0.4 is 0 Å². The highest BCUT2D eigenvalue weighted by Crippen LogP contribution is 2.31. The molecule has 0 aliphatic carbocycles. The van der Waals surface area contributed by atoms with E-state index in [4.69, 9.17) is 0 Å². The summed E-state index contributed by atoms with van der Waals surface area (Å²) in [4.78, 5) is 0.844. The summed E-state index contributed by atoms with van der Waals surface area (Å²) in [7, 11) is 0. The smallest absolute Gasteiger partial charge is 0.123 e. The van der Waals surface area contributed by atoms with Gasteiger partial charge in [0.25, 0.3) is 0 Å². The molecule has 0 saturated heterocycles. The molecule has 0 amide bonds. The fourth-order valence-corrected chi connectivity index (χ4v) is 2.58. The lowest BCUT2D eigenvalue weighted by Crippen LogP contribution is -1.84. The van der Waals surface area contributed by atoms with Crippen LogP contribution in [0.15, 0.2) is 77.7 Å². The maximum absolute atomic E-state index is 13.3. The lowest BCUT2D eigenvalue weighted by molar-refractivity contribution is 0.628. The topological polar surface area (TPSA) is 0 Å². The van der Waals surface area contributed by atoms with E-state index in [2.05, 4.69) is 24.8 Å². The van der Waals surface area contributed by atoms with Crippen LogP contribution in [0.5, 0.6) is 0 Å². The van der Waals surface area contributed by atoms with Crippen LogP contribution in [-0.4, -0.2) is 0 Å². The van der Waals surface area contributed by atoms with Gasteiger partial charge in [0.2, 0.25) is 0 Å². The molecule has 0 saturated carbocycles. The van der Waals surface area contributed by atoms with E-state index in [0.29, 0.717) is 0 Å². The van der Waals surface area contributed by atoms with Gasteiger partial charge in [-0.3, -0.25) is 0 Å². The number of hydrogen-bond donors (Lipinski definition) is 1. The SMILES string of the molecule is Fc1cccc(-c2ccc(-c3ccccc3)cc2S)c1. The zero-order valence-corrected chi connectivity index (χ0v) is 11.6. The molecule has 0 bridgehead atoms. The second kappa shape index (κ2) is 5.51. The van der Waals surface area contributed by atoms with Gasteiger partial charge in [-0.15, -0.1) is 12.6 Å². The minimum absolute atomic E-state index is 0.234. The third-order valence-corrected chi connectivity index (χ3v) is 3.61. The fourth-order valence-electron chi connectivity index (χ4n) is 2.24. The van der Waals surface area contributed by atoms with Gasteiger partial charge in [0.05, 0.1) is 0 Å². The summed E-state index contributed by atoms with van der Waals surface area (Å²) in [5, 5.41) is 0. The van der Waals surface area contributed by atoms with E-state index in [1.165, 1.54) is 12.1 Å². The summed E-state index contributed by atoms with van der Waals surface area (Å²) < 4.78 is 13.3. The first-order valence-electron chi connectivity index (χ1n) is 6.38. The van der Waals surface area contributed by atoms with Gasteiger partial charge in [-0.1, -0.05) is 54.6 Å². The molecule has 0 N–H and O–H groups in total. The number of hydrogen-bond acceptors (Lipinski definition) is 1. The molecular formula is C18H13FS. The van der Waals surface area contributed by atoms with Crippen molar-refractivity contribution in [1.29, 1.82) is 0 Å². The van der Waals surface area contributed by atoms with Crippen LogP contribution in [0.25, 0.3) is 22.3 Å². The minimum atomic E-state index is -0.234. The summed E-state index contributed by atoms with van der Waals surface area (Å²) >= 11 is 4.54. The Labute approximate surface area is 123 Å².